The Morgan fingerprint density at radius 3 is 2.97 bits per heavy atom. The highest BCUT2D eigenvalue weighted by Crippen LogP contribution is 2.29. The van der Waals surface area contributed by atoms with Crippen LogP contribution in [0.1, 0.15) is 48.8 Å². The van der Waals surface area contributed by atoms with Crippen molar-refractivity contribution < 1.29 is 9.21 Å². The number of hydrogen-bond acceptors (Lipinski definition) is 4. The summed E-state index contributed by atoms with van der Waals surface area (Å²) >= 11 is 0. The molecule has 29 heavy (non-hydrogen) atoms. The second-order valence-electron chi connectivity index (χ2n) is 7.66. The molecule has 3 heterocycles. The molecule has 0 aliphatic heterocycles. The fraction of sp³-hybridized carbons (Fsp3) is 0.318. The molecule has 0 fully saturated rings. The quantitative estimate of drug-likeness (QED) is 0.582. The van der Waals surface area contributed by atoms with Crippen LogP contribution in [0.4, 0.5) is 0 Å². The smallest absolute Gasteiger partial charge is 0.291 e. The fourth-order valence-electron chi connectivity index (χ4n) is 4.36. The van der Waals surface area contributed by atoms with Gasteiger partial charge in [-0.15, -0.1) is 0 Å². The summed E-state index contributed by atoms with van der Waals surface area (Å²) in [6.45, 7) is 3.53. The van der Waals surface area contributed by atoms with Crippen molar-refractivity contribution in [3.63, 3.8) is 0 Å². The van der Waals surface area contributed by atoms with Crippen molar-refractivity contribution in [2.24, 2.45) is 0 Å². The molecule has 1 aliphatic rings. The van der Waals surface area contributed by atoms with E-state index in [4.69, 9.17) is 4.42 Å². The van der Waals surface area contributed by atoms with E-state index in [1.807, 2.05) is 19.1 Å². The average molecular weight is 390 g/mol. The van der Waals surface area contributed by atoms with Gasteiger partial charge < -0.3 is 9.73 Å². The summed E-state index contributed by atoms with van der Waals surface area (Å²) in [5, 5.41) is 7.55. The number of rotatable bonds is 3. The molecule has 0 spiro atoms. The van der Waals surface area contributed by atoms with Crippen LogP contribution in [0.2, 0.25) is 0 Å². The monoisotopic (exact) mass is 390 g/mol. The lowest BCUT2D eigenvalue weighted by molar-refractivity contribution is -0.125. The Bertz CT molecular complexity index is 1300. The van der Waals surface area contributed by atoms with Gasteiger partial charge in [0.15, 0.2) is 5.58 Å². The molecule has 0 saturated heterocycles. The van der Waals surface area contributed by atoms with Crippen molar-refractivity contribution in [1.29, 1.82) is 0 Å². The second kappa shape index (κ2) is 6.62. The molecule has 0 saturated carbocycles. The number of nitrogens with one attached hydrogen (secondary N) is 1. The van der Waals surface area contributed by atoms with Gasteiger partial charge in [0, 0.05) is 12.1 Å². The third-order valence-electron chi connectivity index (χ3n) is 5.86. The number of aromatic nitrogens is 3. The molecule has 4 aromatic rings. The summed E-state index contributed by atoms with van der Waals surface area (Å²) in [6.07, 6.45) is 4.54. The molecular weight excluding hydrogens is 368 g/mol. The highest BCUT2D eigenvalue weighted by Gasteiger charge is 2.26. The van der Waals surface area contributed by atoms with Crippen LogP contribution in [-0.4, -0.2) is 20.1 Å². The van der Waals surface area contributed by atoms with Crippen LogP contribution < -0.4 is 10.9 Å². The standard InChI is InChI=1S/C22H22N4O3/c1-13(21(27)23-17-9-5-7-15-6-3-4-8-16(15)17)26-22(28)19-12-20-18(10-11-29-20)25(19)14(2)24-26/h3-4,6,8,10-13,17H,5,7,9H2,1-2H3,(H,23,27)/t13-,17-/m0/s1. The molecule has 0 unspecified atom stereocenters. The number of carbonyl (C=O) groups excluding carboxylic acids is 1. The molecule has 0 bridgehead atoms. The normalized spacial score (nSPS) is 17.4. The number of aryl methyl sites for hydroxylation is 2. The first-order valence-electron chi connectivity index (χ1n) is 9.91. The summed E-state index contributed by atoms with van der Waals surface area (Å²) in [5.74, 6) is 0.416. The maximum Gasteiger partial charge on any atom is 0.291 e. The number of benzene rings is 1. The van der Waals surface area contributed by atoms with Gasteiger partial charge in [0.1, 0.15) is 17.4 Å². The second-order valence-corrected chi connectivity index (χ2v) is 7.66. The Hall–Kier alpha value is -3.35. The third-order valence-corrected chi connectivity index (χ3v) is 5.86. The van der Waals surface area contributed by atoms with Crippen LogP contribution in [0.15, 0.2) is 51.9 Å². The van der Waals surface area contributed by atoms with Crippen LogP contribution in [0.25, 0.3) is 16.6 Å². The Morgan fingerprint density at radius 2 is 2.10 bits per heavy atom. The van der Waals surface area contributed by atoms with E-state index in [2.05, 4.69) is 22.5 Å². The molecule has 3 aromatic heterocycles. The number of carbonyl (C=O) groups is 1. The highest BCUT2D eigenvalue weighted by atomic mass is 16.3. The summed E-state index contributed by atoms with van der Waals surface area (Å²) in [5.41, 5.74) is 4.01. The first-order valence-corrected chi connectivity index (χ1v) is 9.91. The minimum Gasteiger partial charge on any atom is -0.463 e. The van der Waals surface area contributed by atoms with Crippen LogP contribution >= 0.6 is 0 Å². The molecule has 5 rings (SSSR count). The van der Waals surface area contributed by atoms with Crippen molar-refractivity contribution in [2.45, 2.75) is 45.2 Å². The van der Waals surface area contributed by atoms with E-state index in [0.717, 1.165) is 30.3 Å². The SMILES string of the molecule is Cc1nn([C@@H](C)C(=O)N[C@H]2CCCc3ccccc32)c(=O)c2cc3occc3n12. The zero-order valence-electron chi connectivity index (χ0n) is 16.4. The largest absolute Gasteiger partial charge is 0.463 e. The molecule has 1 N–H and O–H groups in total. The van der Waals surface area contributed by atoms with Gasteiger partial charge in [-0.3, -0.25) is 14.0 Å². The number of nitrogens with zero attached hydrogens (tertiary/aromatic N) is 3. The number of hydrogen-bond donors (Lipinski definition) is 1. The van der Waals surface area contributed by atoms with Crippen LogP contribution in [0.3, 0.4) is 0 Å². The summed E-state index contributed by atoms with van der Waals surface area (Å²) in [6, 6.07) is 11.0. The van der Waals surface area contributed by atoms with Crippen LogP contribution in [-0.2, 0) is 11.2 Å². The zero-order chi connectivity index (χ0) is 20.1. The van der Waals surface area contributed by atoms with Gasteiger partial charge in [-0.1, -0.05) is 24.3 Å². The van der Waals surface area contributed by atoms with Gasteiger partial charge in [-0.2, -0.15) is 5.10 Å². The van der Waals surface area contributed by atoms with Gasteiger partial charge in [0.05, 0.1) is 17.8 Å². The van der Waals surface area contributed by atoms with E-state index >= 15 is 0 Å². The zero-order valence-corrected chi connectivity index (χ0v) is 16.4. The van der Waals surface area contributed by atoms with Crippen molar-refractivity contribution in [1.82, 2.24) is 19.5 Å². The third kappa shape index (κ3) is 2.76. The van der Waals surface area contributed by atoms with E-state index in [-0.39, 0.29) is 17.5 Å². The molecule has 0 radical (unpaired) electrons. The first-order chi connectivity index (χ1) is 14.0. The minimum absolute atomic E-state index is 0.0360. The molecule has 1 aliphatic carbocycles. The summed E-state index contributed by atoms with van der Waals surface area (Å²) in [7, 11) is 0. The molecular formula is C22H22N4O3. The molecule has 1 amide bonds. The molecule has 1 aromatic carbocycles. The maximum atomic E-state index is 13.0. The highest BCUT2D eigenvalue weighted by molar-refractivity contribution is 5.83. The van der Waals surface area contributed by atoms with Crippen molar-refractivity contribution >= 4 is 22.5 Å². The predicted molar refractivity (Wildman–Crippen MR) is 109 cm³/mol. The molecule has 2 atom stereocenters. The lowest BCUT2D eigenvalue weighted by Gasteiger charge is -2.27. The van der Waals surface area contributed by atoms with Gasteiger partial charge in [-0.25, -0.2) is 4.68 Å². The Morgan fingerprint density at radius 1 is 1.28 bits per heavy atom. The Labute approximate surface area is 166 Å². The fourth-order valence-corrected chi connectivity index (χ4v) is 4.36. The lowest BCUT2D eigenvalue weighted by atomic mass is 9.87. The van der Waals surface area contributed by atoms with Crippen LogP contribution in [0, 0.1) is 6.92 Å². The minimum atomic E-state index is -0.721. The first kappa shape index (κ1) is 17.7. The Balaban J connectivity index is 1.48. The molecule has 148 valence electrons. The average Bonchev–Trinajstić information content (AvgIpc) is 3.32. The topological polar surface area (TPSA) is 81.5 Å². The maximum absolute atomic E-state index is 13.0. The van der Waals surface area contributed by atoms with Gasteiger partial charge in [0.25, 0.3) is 5.56 Å². The van der Waals surface area contributed by atoms with Gasteiger partial charge in [-0.05, 0) is 44.2 Å². The van der Waals surface area contributed by atoms with Crippen LogP contribution in [0.5, 0.6) is 0 Å². The Kier molecular flexibility index (Phi) is 4.04. The van der Waals surface area contributed by atoms with Gasteiger partial charge in [0.2, 0.25) is 5.91 Å². The number of amides is 1. The van der Waals surface area contributed by atoms with E-state index in [9.17, 15) is 9.59 Å². The lowest BCUT2D eigenvalue weighted by Crippen LogP contribution is -2.40. The van der Waals surface area contributed by atoms with E-state index in [1.165, 1.54) is 10.2 Å². The summed E-state index contributed by atoms with van der Waals surface area (Å²) < 4.78 is 8.45. The predicted octanol–water partition coefficient (Wildman–Crippen LogP) is 3.31. The van der Waals surface area contributed by atoms with E-state index in [0.29, 0.717) is 16.9 Å². The van der Waals surface area contributed by atoms with Gasteiger partial charge >= 0.3 is 0 Å². The summed E-state index contributed by atoms with van der Waals surface area (Å²) in [4.78, 5) is 26.0. The van der Waals surface area contributed by atoms with Crippen molar-refractivity contribution in [2.75, 3.05) is 0 Å². The molecule has 7 nitrogen and oxygen atoms in total. The van der Waals surface area contributed by atoms with Crippen molar-refractivity contribution in [3.05, 3.63) is 70.0 Å². The number of fused-ring (bicyclic) bond motifs is 4. The van der Waals surface area contributed by atoms with Crippen molar-refractivity contribution in [3.8, 4) is 0 Å². The molecule has 7 heteroatoms. The van der Waals surface area contributed by atoms with E-state index < -0.39 is 6.04 Å². The van der Waals surface area contributed by atoms with E-state index in [1.54, 1.807) is 29.7 Å². The number of furan rings is 1.